The van der Waals surface area contributed by atoms with E-state index in [1.165, 1.54) is 47.2 Å². The summed E-state index contributed by atoms with van der Waals surface area (Å²) in [5, 5.41) is 85.0. The second-order valence-electron chi connectivity index (χ2n) is 18.5. The van der Waals surface area contributed by atoms with E-state index in [4.69, 9.17) is 24.4 Å². The van der Waals surface area contributed by atoms with Gasteiger partial charge in [-0.1, -0.05) is 82.1 Å². The van der Waals surface area contributed by atoms with Crippen LogP contribution in [-0.4, -0.2) is 118 Å². The Morgan fingerprint density at radius 1 is 0.986 bits per heavy atom. The molecule has 0 unspecified atom stereocenters. The van der Waals surface area contributed by atoms with Crippen molar-refractivity contribution < 1.29 is 68.8 Å². The number of aliphatic hydroxyl groups excluding tert-OH is 4. The molecule has 4 aliphatic carbocycles. The van der Waals surface area contributed by atoms with Crippen LogP contribution in [-0.2, 0) is 19.1 Å². The SMILES string of the molecule is NC(=O)c1oc2cc(O[C@@H]3O[C@]4(C(=O)O)C(=O)C=C(O)[C@@]5(OCSSC[C@@H](c6cc[nH]c6)[C@@H]([C@@H]6CC#C[C@@H](O)C[C@@H]7C=CC(=CC6)c6ccccc67)CN[C@@H](O)[C@]35O)[C@@H]4O)ccc2c(=O)c1-c1ccc(O)cc1. The topological polar surface area (TPSA) is 305 Å². The minimum atomic E-state index is -3.31. The number of carbonyl (C=O) groups is 3. The lowest BCUT2D eigenvalue weighted by molar-refractivity contribution is -0.390. The number of aromatic hydroxyl groups is 1. The predicted molar refractivity (Wildman–Crippen MR) is 268 cm³/mol. The monoisotopic (exact) mass is 1030 g/mol. The summed E-state index contributed by atoms with van der Waals surface area (Å²) in [6.07, 6.45) is 2.96. The normalized spacial score (nSPS) is 31.4. The molecule has 1 spiro atoms. The zero-order valence-corrected chi connectivity index (χ0v) is 40.2. The number of nitrogens with two attached hydrogens (primary N) is 1. The second-order valence-corrected chi connectivity index (χ2v) is 21.0. The highest BCUT2D eigenvalue weighted by Gasteiger charge is 2.81. The molecule has 378 valence electrons. The molecule has 6 aliphatic rings. The molecule has 4 bridgehead atoms. The van der Waals surface area contributed by atoms with E-state index in [9.17, 15) is 54.9 Å². The largest absolute Gasteiger partial charge is 0.509 e. The lowest BCUT2D eigenvalue weighted by Gasteiger charge is -2.60. The standard InChI is InChI=1S/C53H49N3O15S2/c54-46(62)45-43(29-12-14-32(57)15-13-29)44(61)37-17-16-34(21-40(37)70-45)69-50-52(67)48(64)56-24-38(27-4-3-5-33(58)20-30-11-10-28(9-8-27)35-6-1-2-7-36(30)35)39(31-18-19-55-23-31)25-72-73-26-68-53(52)42(60)22-41(59)51(71-50,47(53)63)49(65)66/h1-2,6-7,9-19,21-23,27,30,33,38-39,47-48,50,55-58,60,63-64,67H,4,8,20,24-26H2,(H2,54,62)(H,65,66)/t27-,30+,33-,38-,39+,47-,48+,50-,51-,52+,53-/m1/s1. The molecule has 20 heteroatoms. The van der Waals surface area contributed by atoms with Crippen molar-refractivity contribution in [2.75, 3.05) is 18.2 Å². The number of carboxylic acids is 1. The number of fused-ring (bicyclic) bond motifs is 8. The molecule has 5 aromatic rings. The Labute approximate surface area is 424 Å². The van der Waals surface area contributed by atoms with Crippen LogP contribution in [0.3, 0.4) is 0 Å². The number of aromatic amines is 1. The summed E-state index contributed by atoms with van der Waals surface area (Å²) in [5.74, 6) is -1.65. The van der Waals surface area contributed by atoms with Gasteiger partial charge < -0.3 is 65.1 Å². The number of phenolic OH excluding ortho intramolecular Hbond substituents is 1. The Hall–Kier alpha value is -6.64. The number of aromatic nitrogens is 1. The van der Waals surface area contributed by atoms with Gasteiger partial charge in [-0.3, -0.25) is 19.7 Å². The first-order valence-electron chi connectivity index (χ1n) is 23.3. The number of hydrogen-bond donors (Lipinski definition) is 10. The molecule has 3 aromatic carbocycles. The molecule has 1 amide bonds. The molecule has 11 rings (SSSR count). The minimum absolute atomic E-state index is 0.0370. The number of aliphatic carboxylic acids is 1. The van der Waals surface area contributed by atoms with E-state index in [-0.39, 0.29) is 57.9 Å². The van der Waals surface area contributed by atoms with Crippen LogP contribution in [0.15, 0.2) is 124 Å². The number of allylic oxidation sites excluding steroid dienone is 4. The first-order valence-corrected chi connectivity index (χ1v) is 25.8. The summed E-state index contributed by atoms with van der Waals surface area (Å²) in [5.41, 5.74) is -1.00. The lowest BCUT2D eigenvalue weighted by Crippen LogP contribution is -2.87. The third-order valence-electron chi connectivity index (χ3n) is 14.6. The Bertz CT molecular complexity index is 3220. The Kier molecular flexibility index (Phi) is 13.4. The van der Waals surface area contributed by atoms with Gasteiger partial charge in [0.1, 0.15) is 47.2 Å². The van der Waals surface area contributed by atoms with Gasteiger partial charge in [0.2, 0.25) is 28.9 Å². The van der Waals surface area contributed by atoms with Gasteiger partial charge in [0.15, 0.2) is 5.60 Å². The van der Waals surface area contributed by atoms with Crippen molar-refractivity contribution >= 4 is 55.8 Å². The predicted octanol–water partition coefficient (Wildman–Crippen LogP) is 4.59. The number of H-pyrrole nitrogens is 1. The zero-order valence-electron chi connectivity index (χ0n) is 38.5. The lowest BCUT2D eigenvalue weighted by atomic mass is 9.62. The van der Waals surface area contributed by atoms with E-state index in [0.717, 1.165) is 39.1 Å². The van der Waals surface area contributed by atoms with E-state index < -0.39 is 88.0 Å². The van der Waals surface area contributed by atoms with Crippen molar-refractivity contribution in [2.24, 2.45) is 17.6 Å². The number of ether oxygens (including phenoxy) is 3. The van der Waals surface area contributed by atoms with E-state index in [2.05, 4.69) is 40.4 Å². The summed E-state index contributed by atoms with van der Waals surface area (Å²) < 4.78 is 24.3. The van der Waals surface area contributed by atoms with Crippen molar-refractivity contribution in [2.45, 2.75) is 72.6 Å². The summed E-state index contributed by atoms with van der Waals surface area (Å²) in [6, 6.07) is 18.8. The Morgan fingerprint density at radius 2 is 1.78 bits per heavy atom. The fourth-order valence-electron chi connectivity index (χ4n) is 10.8. The molecule has 2 aromatic heterocycles. The Morgan fingerprint density at radius 3 is 2.53 bits per heavy atom. The van der Waals surface area contributed by atoms with Gasteiger partial charge in [0.25, 0.3) is 11.5 Å². The van der Waals surface area contributed by atoms with E-state index in [1.54, 1.807) is 6.20 Å². The van der Waals surface area contributed by atoms with Crippen LogP contribution in [0, 0.1) is 23.7 Å². The molecule has 18 nitrogen and oxygen atoms in total. The molecule has 2 aliphatic heterocycles. The highest BCUT2D eigenvalue weighted by molar-refractivity contribution is 8.76. The van der Waals surface area contributed by atoms with Gasteiger partial charge in [-0.15, -0.1) is 5.92 Å². The molecule has 73 heavy (non-hydrogen) atoms. The highest BCUT2D eigenvalue weighted by atomic mass is 33.1. The molecule has 2 fully saturated rings. The van der Waals surface area contributed by atoms with Crippen LogP contribution in [0.25, 0.3) is 27.7 Å². The maximum Gasteiger partial charge on any atom is 0.347 e. The number of carbonyl (C=O) groups excluding carboxylic acids is 2. The van der Waals surface area contributed by atoms with Gasteiger partial charge in [-0.2, -0.15) is 0 Å². The van der Waals surface area contributed by atoms with Crippen LogP contribution < -0.4 is 21.2 Å². The third kappa shape index (κ3) is 8.44. The van der Waals surface area contributed by atoms with Crippen molar-refractivity contribution in [3.8, 4) is 34.5 Å². The zero-order chi connectivity index (χ0) is 51.4. The second kappa shape index (κ2) is 19.7. The summed E-state index contributed by atoms with van der Waals surface area (Å²) in [4.78, 5) is 57.1. The molecule has 4 heterocycles. The highest BCUT2D eigenvalue weighted by Crippen LogP contribution is 2.54. The number of carboxylic acid groups (broad SMARTS) is 1. The molecule has 11 atom stereocenters. The summed E-state index contributed by atoms with van der Waals surface area (Å²) >= 11 is 0. The number of aliphatic hydroxyl groups is 5. The van der Waals surface area contributed by atoms with Crippen LogP contribution >= 0.6 is 21.6 Å². The number of benzene rings is 3. The van der Waals surface area contributed by atoms with Crippen LogP contribution in [0.5, 0.6) is 11.5 Å². The average molecular weight is 1030 g/mol. The first kappa shape index (κ1) is 49.9. The summed E-state index contributed by atoms with van der Waals surface area (Å²) in [7, 11) is 2.44. The van der Waals surface area contributed by atoms with Gasteiger partial charge in [0, 0.05) is 49.2 Å². The van der Waals surface area contributed by atoms with Gasteiger partial charge in [-0.25, -0.2) is 4.79 Å². The average Bonchev–Trinajstić information content (AvgIpc) is 3.90. The van der Waals surface area contributed by atoms with E-state index >= 15 is 0 Å². The number of primary amides is 1. The van der Waals surface area contributed by atoms with Crippen molar-refractivity contribution in [1.29, 1.82) is 0 Å². The Balaban J connectivity index is 1.08. The maximum atomic E-state index is 14.0. The molecule has 11 N–H and O–H groups in total. The number of phenols is 1. The van der Waals surface area contributed by atoms with Gasteiger partial charge >= 0.3 is 5.97 Å². The number of ketones is 1. The first-order chi connectivity index (χ1) is 35.1. The van der Waals surface area contributed by atoms with Gasteiger partial charge in [0.05, 0.1) is 10.9 Å². The van der Waals surface area contributed by atoms with Gasteiger partial charge in [-0.05, 0) is 88.8 Å². The van der Waals surface area contributed by atoms with E-state index in [1.807, 2.05) is 36.5 Å². The molecule has 2 saturated heterocycles. The van der Waals surface area contributed by atoms with Crippen LogP contribution in [0.1, 0.15) is 58.3 Å². The number of nitrogens with one attached hydrogen (secondary N) is 2. The number of rotatable bonds is 7. The third-order valence-corrected chi connectivity index (χ3v) is 16.6. The fourth-order valence-corrected chi connectivity index (χ4v) is 12.9. The van der Waals surface area contributed by atoms with Crippen molar-refractivity contribution in [1.82, 2.24) is 10.3 Å². The van der Waals surface area contributed by atoms with Crippen molar-refractivity contribution in [3.05, 3.63) is 148 Å². The van der Waals surface area contributed by atoms with E-state index in [0.29, 0.717) is 31.1 Å². The molecule has 0 radical (unpaired) electrons. The van der Waals surface area contributed by atoms with Crippen molar-refractivity contribution in [3.63, 3.8) is 0 Å². The molecular formula is C53H49N3O15S2. The maximum absolute atomic E-state index is 14.0. The fraction of sp³-hybridized carbons (Fsp3) is 0.321. The minimum Gasteiger partial charge on any atom is -0.509 e. The summed E-state index contributed by atoms with van der Waals surface area (Å²) in [6.45, 7) is -0.121. The smallest absolute Gasteiger partial charge is 0.347 e. The van der Waals surface area contributed by atoms with Crippen LogP contribution in [0.2, 0.25) is 0 Å². The molecule has 0 saturated carbocycles. The molecular weight excluding hydrogens is 983 g/mol. The number of hydrogen-bond acceptors (Lipinski definition) is 17. The quantitative estimate of drug-likeness (QED) is 0.0606. The van der Waals surface area contributed by atoms with Crippen LogP contribution in [0.4, 0.5) is 0 Å². The number of amides is 1.